The van der Waals surface area contributed by atoms with E-state index in [0.29, 0.717) is 18.4 Å². The molecule has 148 valence electrons. The maximum Gasteiger partial charge on any atom is 0.243 e. The van der Waals surface area contributed by atoms with E-state index >= 15 is 0 Å². The summed E-state index contributed by atoms with van der Waals surface area (Å²) in [6, 6.07) is 12.0. The van der Waals surface area contributed by atoms with Gasteiger partial charge in [0.15, 0.2) is 0 Å². The second-order valence-corrected chi connectivity index (χ2v) is 7.76. The number of halogens is 1. The first-order chi connectivity index (χ1) is 13.3. The van der Waals surface area contributed by atoms with Crippen LogP contribution in [0.15, 0.2) is 42.5 Å². The van der Waals surface area contributed by atoms with Crippen LogP contribution in [0.25, 0.3) is 0 Å². The Labute approximate surface area is 165 Å². The molecule has 1 saturated carbocycles. The van der Waals surface area contributed by atoms with Crippen molar-refractivity contribution in [2.24, 2.45) is 0 Å². The molecule has 1 N–H and O–H groups in total. The standard InChI is InChI=1S/C23H27FN2O2/c1-16-8-6-11-20(17(16)2)25-21(27)15-26(3)22(28)23(12-4-5-13-23)18-9-7-10-19(24)14-18/h6-11,14H,4-5,12-13,15H2,1-3H3,(H,25,27). The lowest BCUT2D eigenvalue weighted by molar-refractivity contribution is -0.138. The summed E-state index contributed by atoms with van der Waals surface area (Å²) < 4.78 is 13.8. The van der Waals surface area contributed by atoms with Gasteiger partial charge in [0, 0.05) is 12.7 Å². The summed E-state index contributed by atoms with van der Waals surface area (Å²) in [5, 5.41) is 2.90. The van der Waals surface area contributed by atoms with Crippen molar-refractivity contribution >= 4 is 17.5 Å². The zero-order chi connectivity index (χ0) is 20.3. The van der Waals surface area contributed by atoms with Gasteiger partial charge < -0.3 is 10.2 Å². The molecule has 4 nitrogen and oxygen atoms in total. The molecule has 2 aromatic rings. The van der Waals surface area contributed by atoms with E-state index in [1.165, 1.54) is 17.0 Å². The summed E-state index contributed by atoms with van der Waals surface area (Å²) in [5.74, 6) is -0.699. The first-order valence-electron chi connectivity index (χ1n) is 9.71. The number of carbonyl (C=O) groups excluding carboxylic acids is 2. The largest absolute Gasteiger partial charge is 0.336 e. The molecule has 5 heteroatoms. The minimum absolute atomic E-state index is 0.0384. The summed E-state index contributed by atoms with van der Waals surface area (Å²) in [6.45, 7) is 3.91. The average molecular weight is 382 g/mol. The highest BCUT2D eigenvalue weighted by molar-refractivity contribution is 5.97. The van der Waals surface area contributed by atoms with Crippen molar-refractivity contribution in [3.63, 3.8) is 0 Å². The SMILES string of the molecule is Cc1cccc(NC(=O)CN(C)C(=O)C2(c3cccc(F)c3)CCCC2)c1C. The number of rotatable bonds is 5. The highest BCUT2D eigenvalue weighted by Gasteiger charge is 2.44. The molecule has 0 aromatic heterocycles. The zero-order valence-electron chi connectivity index (χ0n) is 16.7. The number of aryl methyl sites for hydroxylation is 1. The quantitative estimate of drug-likeness (QED) is 0.836. The van der Waals surface area contributed by atoms with Gasteiger partial charge in [-0.25, -0.2) is 4.39 Å². The molecule has 0 spiro atoms. The number of nitrogens with zero attached hydrogens (tertiary/aromatic N) is 1. The van der Waals surface area contributed by atoms with Crippen molar-refractivity contribution in [1.82, 2.24) is 4.90 Å². The number of likely N-dealkylation sites (N-methyl/N-ethyl adjacent to an activating group) is 1. The van der Waals surface area contributed by atoms with Crippen LogP contribution in [0, 0.1) is 19.7 Å². The van der Waals surface area contributed by atoms with Crippen LogP contribution >= 0.6 is 0 Å². The highest BCUT2D eigenvalue weighted by Crippen LogP contribution is 2.42. The third-order valence-corrected chi connectivity index (χ3v) is 5.85. The Hall–Kier alpha value is -2.69. The van der Waals surface area contributed by atoms with Gasteiger partial charge in [-0.1, -0.05) is 37.1 Å². The third kappa shape index (κ3) is 3.93. The van der Waals surface area contributed by atoms with Crippen molar-refractivity contribution in [3.05, 3.63) is 65.0 Å². The Morgan fingerprint density at radius 3 is 2.46 bits per heavy atom. The molecule has 0 bridgehead atoms. The number of anilines is 1. The van der Waals surface area contributed by atoms with Gasteiger partial charge >= 0.3 is 0 Å². The third-order valence-electron chi connectivity index (χ3n) is 5.85. The van der Waals surface area contributed by atoms with Gasteiger partial charge in [0.2, 0.25) is 11.8 Å². The lowest BCUT2D eigenvalue weighted by Crippen LogP contribution is -2.46. The molecule has 0 heterocycles. The first kappa shape index (κ1) is 20.1. The number of hydrogen-bond acceptors (Lipinski definition) is 2. The van der Waals surface area contributed by atoms with Crippen molar-refractivity contribution in [2.45, 2.75) is 44.9 Å². The van der Waals surface area contributed by atoms with Crippen LogP contribution in [0.2, 0.25) is 0 Å². The molecule has 28 heavy (non-hydrogen) atoms. The van der Waals surface area contributed by atoms with Gasteiger partial charge in [0.05, 0.1) is 12.0 Å². The molecule has 0 atom stereocenters. The van der Waals surface area contributed by atoms with Gasteiger partial charge in [0.1, 0.15) is 5.82 Å². The number of hydrogen-bond donors (Lipinski definition) is 1. The maximum atomic E-state index is 13.8. The van der Waals surface area contributed by atoms with Crippen molar-refractivity contribution < 1.29 is 14.0 Å². The van der Waals surface area contributed by atoms with E-state index in [-0.39, 0.29) is 24.2 Å². The second kappa shape index (κ2) is 8.13. The van der Waals surface area contributed by atoms with E-state index in [4.69, 9.17) is 0 Å². The van der Waals surface area contributed by atoms with Crippen molar-refractivity contribution in [3.8, 4) is 0 Å². The summed E-state index contributed by atoms with van der Waals surface area (Å²) >= 11 is 0. The number of amides is 2. The van der Waals surface area contributed by atoms with E-state index in [9.17, 15) is 14.0 Å². The number of carbonyl (C=O) groups is 2. The predicted molar refractivity (Wildman–Crippen MR) is 109 cm³/mol. The van der Waals surface area contributed by atoms with Crippen LogP contribution in [0.5, 0.6) is 0 Å². The fourth-order valence-corrected chi connectivity index (χ4v) is 4.12. The lowest BCUT2D eigenvalue weighted by Gasteiger charge is -2.32. The fraction of sp³-hybridized carbons (Fsp3) is 0.391. The van der Waals surface area contributed by atoms with Crippen LogP contribution in [-0.4, -0.2) is 30.3 Å². The van der Waals surface area contributed by atoms with Gasteiger partial charge in [-0.15, -0.1) is 0 Å². The molecule has 0 aliphatic heterocycles. The Morgan fingerprint density at radius 2 is 1.79 bits per heavy atom. The minimum atomic E-state index is -0.740. The predicted octanol–water partition coefficient (Wildman–Crippen LogP) is 4.35. The molecule has 0 unspecified atom stereocenters. The Bertz CT molecular complexity index is 888. The highest BCUT2D eigenvalue weighted by atomic mass is 19.1. The van der Waals surface area contributed by atoms with Gasteiger partial charge in [-0.05, 0) is 61.6 Å². The summed E-state index contributed by atoms with van der Waals surface area (Å²) in [4.78, 5) is 27.3. The molecular formula is C23H27FN2O2. The number of nitrogens with one attached hydrogen (secondary N) is 1. The molecule has 0 saturated heterocycles. The van der Waals surface area contributed by atoms with Gasteiger partial charge in [-0.2, -0.15) is 0 Å². The van der Waals surface area contributed by atoms with Crippen LogP contribution in [0.1, 0.15) is 42.4 Å². The van der Waals surface area contributed by atoms with E-state index in [1.54, 1.807) is 13.1 Å². The lowest BCUT2D eigenvalue weighted by atomic mass is 9.77. The first-order valence-corrected chi connectivity index (χ1v) is 9.71. The fourth-order valence-electron chi connectivity index (χ4n) is 4.12. The molecule has 2 aromatic carbocycles. The van der Waals surface area contributed by atoms with E-state index in [1.807, 2.05) is 38.1 Å². The molecule has 2 amide bonds. The molecule has 3 rings (SSSR count). The molecule has 1 aliphatic carbocycles. The second-order valence-electron chi connectivity index (χ2n) is 7.76. The Kier molecular flexibility index (Phi) is 5.82. The zero-order valence-corrected chi connectivity index (χ0v) is 16.7. The van der Waals surface area contributed by atoms with Gasteiger partial charge in [-0.3, -0.25) is 9.59 Å². The minimum Gasteiger partial charge on any atom is -0.336 e. The molecule has 1 fully saturated rings. The Morgan fingerprint density at radius 1 is 1.11 bits per heavy atom. The molecular weight excluding hydrogens is 355 g/mol. The average Bonchev–Trinajstić information content (AvgIpc) is 3.16. The van der Waals surface area contributed by atoms with E-state index < -0.39 is 5.41 Å². The summed E-state index contributed by atoms with van der Waals surface area (Å²) in [6.07, 6.45) is 3.20. The Balaban J connectivity index is 1.75. The topological polar surface area (TPSA) is 49.4 Å². The number of benzene rings is 2. The van der Waals surface area contributed by atoms with Crippen LogP contribution < -0.4 is 5.32 Å². The summed E-state index contributed by atoms with van der Waals surface area (Å²) in [5.41, 5.74) is 2.83. The van der Waals surface area contributed by atoms with Crippen LogP contribution in [-0.2, 0) is 15.0 Å². The van der Waals surface area contributed by atoms with Crippen LogP contribution in [0.4, 0.5) is 10.1 Å². The maximum absolute atomic E-state index is 13.8. The van der Waals surface area contributed by atoms with Gasteiger partial charge in [0.25, 0.3) is 0 Å². The molecule has 0 radical (unpaired) electrons. The van der Waals surface area contributed by atoms with Crippen molar-refractivity contribution in [1.29, 1.82) is 0 Å². The monoisotopic (exact) mass is 382 g/mol. The van der Waals surface area contributed by atoms with Crippen molar-refractivity contribution in [2.75, 3.05) is 18.9 Å². The van der Waals surface area contributed by atoms with E-state index in [0.717, 1.165) is 29.7 Å². The van der Waals surface area contributed by atoms with Crippen LogP contribution in [0.3, 0.4) is 0 Å². The summed E-state index contributed by atoms with van der Waals surface area (Å²) in [7, 11) is 1.64. The van der Waals surface area contributed by atoms with E-state index in [2.05, 4.69) is 5.32 Å². The smallest absolute Gasteiger partial charge is 0.243 e. The normalized spacial score (nSPS) is 15.3. The molecule has 1 aliphatic rings.